The van der Waals surface area contributed by atoms with Crippen LogP contribution in [0.15, 0.2) is 0 Å². The van der Waals surface area contributed by atoms with Crippen molar-refractivity contribution in [1.29, 1.82) is 0 Å². The van der Waals surface area contributed by atoms with Crippen molar-refractivity contribution in [3.63, 3.8) is 0 Å². The Morgan fingerprint density at radius 1 is 1.26 bits per heavy atom. The first-order valence-electron chi connectivity index (χ1n) is 7.12. The van der Waals surface area contributed by atoms with Crippen molar-refractivity contribution in [3.05, 3.63) is 11.4 Å². The number of nitrogens with zero attached hydrogens (tertiary/aromatic N) is 2. The minimum atomic E-state index is 0.189. The molecule has 3 rings (SSSR count). The fraction of sp³-hybridized carbons (Fsp3) is 0.714. The molecule has 2 heterocycles. The van der Waals surface area contributed by atoms with Gasteiger partial charge in [-0.2, -0.15) is 4.98 Å². The van der Waals surface area contributed by atoms with Crippen molar-refractivity contribution >= 4 is 5.82 Å². The molecular formula is C14H21N3O2. The number of anilines is 1. The number of hydrogen-bond donors (Lipinski definition) is 1. The van der Waals surface area contributed by atoms with Crippen LogP contribution in [0.4, 0.5) is 5.82 Å². The second kappa shape index (κ2) is 5.33. The molecule has 0 radical (unpaired) electrons. The molecule has 104 valence electrons. The maximum absolute atomic E-state index is 5.93. The lowest BCUT2D eigenvalue weighted by atomic mass is 10.1. The first-order chi connectivity index (χ1) is 9.24. The van der Waals surface area contributed by atoms with Crippen molar-refractivity contribution in [2.75, 3.05) is 18.9 Å². The molecular weight excluding hydrogens is 242 g/mol. The first-order valence-corrected chi connectivity index (χ1v) is 7.12. The van der Waals surface area contributed by atoms with E-state index in [1.165, 1.54) is 6.42 Å². The average molecular weight is 263 g/mol. The van der Waals surface area contributed by atoms with E-state index < -0.39 is 0 Å². The fourth-order valence-corrected chi connectivity index (χ4v) is 2.31. The second-order valence-electron chi connectivity index (χ2n) is 5.47. The Morgan fingerprint density at radius 3 is 2.79 bits per heavy atom. The third kappa shape index (κ3) is 2.97. The highest BCUT2D eigenvalue weighted by atomic mass is 16.5. The first kappa shape index (κ1) is 12.7. The van der Waals surface area contributed by atoms with Gasteiger partial charge in [-0.25, -0.2) is 4.98 Å². The molecule has 19 heavy (non-hydrogen) atoms. The zero-order valence-corrected chi connectivity index (χ0v) is 11.4. The third-order valence-electron chi connectivity index (χ3n) is 3.78. The van der Waals surface area contributed by atoms with Gasteiger partial charge in [0.1, 0.15) is 18.2 Å². The van der Waals surface area contributed by atoms with Gasteiger partial charge in [-0.05, 0) is 39.0 Å². The molecule has 2 fully saturated rings. The van der Waals surface area contributed by atoms with E-state index in [2.05, 4.69) is 9.97 Å². The molecule has 1 aromatic heterocycles. The van der Waals surface area contributed by atoms with Crippen molar-refractivity contribution in [2.45, 2.75) is 51.0 Å². The second-order valence-corrected chi connectivity index (χ2v) is 5.47. The summed E-state index contributed by atoms with van der Waals surface area (Å²) in [5.41, 5.74) is 6.77. The Bertz CT molecular complexity index is 454. The van der Waals surface area contributed by atoms with Crippen molar-refractivity contribution < 1.29 is 9.47 Å². The largest absolute Gasteiger partial charge is 0.475 e. The summed E-state index contributed by atoms with van der Waals surface area (Å²) < 4.78 is 11.5. The zero-order chi connectivity index (χ0) is 13.2. The van der Waals surface area contributed by atoms with Gasteiger partial charge in [-0.3, -0.25) is 0 Å². The highest BCUT2D eigenvalue weighted by molar-refractivity contribution is 5.45. The standard InChI is InChI=1S/C14H21N3O2/c1-9-12(15)16-13(10-5-6-10)17-14(9)19-8-11-4-2-3-7-18-11/h10-11H,2-8H2,1H3,(H2,15,16,17). The molecule has 0 spiro atoms. The number of nitrogen functional groups attached to an aromatic ring is 1. The summed E-state index contributed by atoms with van der Waals surface area (Å²) in [5.74, 6) is 2.49. The maximum Gasteiger partial charge on any atom is 0.221 e. The molecule has 1 saturated heterocycles. The Labute approximate surface area is 113 Å². The number of ether oxygens (including phenoxy) is 2. The molecule has 2 N–H and O–H groups in total. The molecule has 5 heteroatoms. The summed E-state index contributed by atoms with van der Waals surface area (Å²) in [5, 5.41) is 0. The van der Waals surface area contributed by atoms with Gasteiger partial charge in [0.2, 0.25) is 5.88 Å². The van der Waals surface area contributed by atoms with Gasteiger partial charge < -0.3 is 15.2 Å². The Morgan fingerprint density at radius 2 is 2.11 bits per heavy atom. The van der Waals surface area contributed by atoms with Crippen molar-refractivity contribution in [1.82, 2.24) is 9.97 Å². The molecule has 0 amide bonds. The van der Waals surface area contributed by atoms with Crippen LogP contribution in [0.25, 0.3) is 0 Å². The van der Waals surface area contributed by atoms with Crippen LogP contribution in [0, 0.1) is 6.92 Å². The highest BCUT2D eigenvalue weighted by Gasteiger charge is 2.28. The lowest BCUT2D eigenvalue weighted by molar-refractivity contribution is -0.0121. The van der Waals surface area contributed by atoms with Crippen LogP contribution >= 0.6 is 0 Å². The molecule has 1 unspecified atom stereocenters. The predicted molar refractivity (Wildman–Crippen MR) is 72.2 cm³/mol. The van der Waals surface area contributed by atoms with E-state index in [0.29, 0.717) is 24.2 Å². The highest BCUT2D eigenvalue weighted by Crippen LogP contribution is 2.39. The van der Waals surface area contributed by atoms with Gasteiger partial charge in [0.05, 0.1) is 11.7 Å². The van der Waals surface area contributed by atoms with Crippen LogP contribution in [0.3, 0.4) is 0 Å². The van der Waals surface area contributed by atoms with Crippen LogP contribution < -0.4 is 10.5 Å². The molecule has 1 atom stereocenters. The van der Waals surface area contributed by atoms with Crippen molar-refractivity contribution in [2.24, 2.45) is 0 Å². The minimum Gasteiger partial charge on any atom is -0.475 e. The normalized spacial score (nSPS) is 23.3. The van der Waals surface area contributed by atoms with E-state index in [1.54, 1.807) is 0 Å². The number of aromatic nitrogens is 2. The minimum absolute atomic E-state index is 0.189. The summed E-state index contributed by atoms with van der Waals surface area (Å²) in [6, 6.07) is 0. The smallest absolute Gasteiger partial charge is 0.221 e. The summed E-state index contributed by atoms with van der Waals surface area (Å²) in [4.78, 5) is 8.86. The average Bonchev–Trinajstić information content (AvgIpc) is 3.26. The molecule has 1 aliphatic heterocycles. The molecule has 1 aromatic rings. The monoisotopic (exact) mass is 263 g/mol. The lowest BCUT2D eigenvalue weighted by Gasteiger charge is -2.22. The maximum atomic E-state index is 5.93. The molecule has 1 aliphatic carbocycles. The SMILES string of the molecule is Cc1c(N)nc(C2CC2)nc1OCC1CCCCO1. The van der Waals surface area contributed by atoms with E-state index in [1.807, 2.05) is 6.92 Å². The molecule has 5 nitrogen and oxygen atoms in total. The van der Waals surface area contributed by atoms with Gasteiger partial charge in [0, 0.05) is 12.5 Å². The van der Waals surface area contributed by atoms with Crippen LogP contribution in [0.2, 0.25) is 0 Å². The van der Waals surface area contributed by atoms with Crippen LogP contribution in [-0.2, 0) is 4.74 Å². The number of rotatable bonds is 4. The van der Waals surface area contributed by atoms with Gasteiger partial charge in [0.15, 0.2) is 0 Å². The Balaban J connectivity index is 1.68. The van der Waals surface area contributed by atoms with E-state index in [4.69, 9.17) is 15.2 Å². The lowest BCUT2D eigenvalue weighted by Crippen LogP contribution is -2.26. The van der Waals surface area contributed by atoms with Crippen LogP contribution in [-0.4, -0.2) is 29.3 Å². The molecule has 2 aliphatic rings. The van der Waals surface area contributed by atoms with E-state index >= 15 is 0 Å². The predicted octanol–water partition coefficient (Wildman–Crippen LogP) is 2.19. The van der Waals surface area contributed by atoms with Gasteiger partial charge in [-0.1, -0.05) is 0 Å². The quantitative estimate of drug-likeness (QED) is 0.901. The third-order valence-corrected chi connectivity index (χ3v) is 3.78. The van der Waals surface area contributed by atoms with E-state index in [9.17, 15) is 0 Å². The van der Waals surface area contributed by atoms with Crippen LogP contribution in [0.5, 0.6) is 5.88 Å². The summed E-state index contributed by atoms with van der Waals surface area (Å²) in [6.07, 6.45) is 5.94. The topological polar surface area (TPSA) is 70.3 Å². The van der Waals surface area contributed by atoms with Gasteiger partial charge in [-0.15, -0.1) is 0 Å². The van der Waals surface area contributed by atoms with Gasteiger partial charge in [0.25, 0.3) is 0 Å². The summed E-state index contributed by atoms with van der Waals surface area (Å²) >= 11 is 0. The van der Waals surface area contributed by atoms with Gasteiger partial charge >= 0.3 is 0 Å². The molecule has 1 saturated carbocycles. The van der Waals surface area contributed by atoms with E-state index in [-0.39, 0.29) is 6.10 Å². The Hall–Kier alpha value is -1.36. The summed E-state index contributed by atoms with van der Waals surface area (Å²) in [6.45, 7) is 3.30. The number of hydrogen-bond acceptors (Lipinski definition) is 5. The molecule has 0 bridgehead atoms. The number of nitrogens with two attached hydrogens (primary N) is 1. The van der Waals surface area contributed by atoms with Crippen LogP contribution in [0.1, 0.15) is 49.4 Å². The Kier molecular flexibility index (Phi) is 3.55. The zero-order valence-electron chi connectivity index (χ0n) is 11.4. The fourth-order valence-electron chi connectivity index (χ4n) is 2.31. The van der Waals surface area contributed by atoms with E-state index in [0.717, 1.165) is 43.7 Å². The molecule has 0 aromatic carbocycles. The van der Waals surface area contributed by atoms with Crippen molar-refractivity contribution in [3.8, 4) is 5.88 Å². The summed E-state index contributed by atoms with van der Waals surface area (Å²) in [7, 11) is 0.